The molecule has 0 N–H and O–H groups in total. The summed E-state index contributed by atoms with van der Waals surface area (Å²) < 4.78 is 6.76. The van der Waals surface area contributed by atoms with E-state index >= 15 is 0 Å². The summed E-state index contributed by atoms with van der Waals surface area (Å²) in [5, 5.41) is 4.65. The molecule has 144 valence electrons. The van der Waals surface area contributed by atoms with Crippen LogP contribution in [-0.4, -0.2) is 46.3 Å². The van der Waals surface area contributed by atoms with Gasteiger partial charge in [-0.1, -0.05) is 31.4 Å². The van der Waals surface area contributed by atoms with Crippen molar-refractivity contribution < 1.29 is 14.3 Å². The molecule has 3 rings (SSSR count). The van der Waals surface area contributed by atoms with Crippen LogP contribution in [0.1, 0.15) is 38.5 Å². The standard InChI is InChI=1S/C20H25N3O4/c24-18-14-21-23(17-9-5-4-8-16(17)18)13-10-20(26)27-15-19(25)22-11-6-2-1-3-7-12-22/h4-5,8-9,14H,1-3,6-7,10-13,15H2. The third kappa shape index (κ3) is 5.15. The van der Waals surface area contributed by atoms with Crippen LogP contribution in [0.4, 0.5) is 0 Å². The molecule has 0 atom stereocenters. The van der Waals surface area contributed by atoms with Gasteiger partial charge in [-0.2, -0.15) is 5.10 Å². The van der Waals surface area contributed by atoms with E-state index in [0.29, 0.717) is 10.9 Å². The van der Waals surface area contributed by atoms with Gasteiger partial charge in [-0.05, 0) is 25.0 Å². The zero-order chi connectivity index (χ0) is 19.1. The number of carbonyl (C=O) groups excluding carboxylic acids is 2. The number of carbonyl (C=O) groups is 2. The largest absolute Gasteiger partial charge is 0.456 e. The number of fused-ring (bicyclic) bond motifs is 1. The Kier molecular flexibility index (Phi) is 6.57. The predicted octanol–water partition coefficient (Wildman–Crippen LogP) is 2.12. The second kappa shape index (κ2) is 9.30. The van der Waals surface area contributed by atoms with Crippen molar-refractivity contribution in [2.45, 2.75) is 45.1 Å². The number of para-hydroxylation sites is 1. The first kappa shape index (κ1) is 19.1. The number of rotatable bonds is 5. The monoisotopic (exact) mass is 371 g/mol. The van der Waals surface area contributed by atoms with Crippen LogP contribution in [0, 0.1) is 0 Å². The molecular weight excluding hydrogens is 346 g/mol. The van der Waals surface area contributed by atoms with E-state index in [1.165, 1.54) is 12.6 Å². The molecule has 1 saturated heterocycles. The third-order valence-electron chi connectivity index (χ3n) is 4.86. The van der Waals surface area contributed by atoms with Gasteiger partial charge in [-0.25, -0.2) is 0 Å². The van der Waals surface area contributed by atoms with Crippen molar-refractivity contribution in [2.24, 2.45) is 0 Å². The first-order valence-electron chi connectivity index (χ1n) is 9.53. The first-order chi connectivity index (χ1) is 13.1. The maximum atomic E-state index is 12.3. The van der Waals surface area contributed by atoms with Crippen LogP contribution in [0.15, 0.2) is 35.3 Å². The molecule has 0 unspecified atom stereocenters. The highest BCUT2D eigenvalue weighted by atomic mass is 16.5. The van der Waals surface area contributed by atoms with E-state index in [0.717, 1.165) is 38.8 Å². The topological polar surface area (TPSA) is 81.5 Å². The van der Waals surface area contributed by atoms with E-state index in [2.05, 4.69) is 5.10 Å². The van der Waals surface area contributed by atoms with E-state index in [4.69, 9.17) is 4.74 Å². The minimum atomic E-state index is -0.444. The average Bonchev–Trinajstić information content (AvgIpc) is 2.65. The van der Waals surface area contributed by atoms with Gasteiger partial charge in [0.15, 0.2) is 6.61 Å². The number of nitrogens with zero attached hydrogens (tertiary/aromatic N) is 3. The number of esters is 1. The Morgan fingerprint density at radius 2 is 1.74 bits per heavy atom. The van der Waals surface area contributed by atoms with Gasteiger partial charge in [0.2, 0.25) is 5.43 Å². The number of aryl methyl sites for hydroxylation is 1. The Hall–Kier alpha value is -2.70. The summed E-state index contributed by atoms with van der Waals surface area (Å²) >= 11 is 0. The maximum Gasteiger partial charge on any atom is 0.308 e. The molecule has 27 heavy (non-hydrogen) atoms. The highest BCUT2D eigenvalue weighted by Gasteiger charge is 2.16. The molecule has 1 aromatic heterocycles. The van der Waals surface area contributed by atoms with Gasteiger partial charge >= 0.3 is 5.97 Å². The molecular formula is C20H25N3O4. The Morgan fingerprint density at radius 1 is 1.04 bits per heavy atom. The number of hydrogen-bond donors (Lipinski definition) is 0. The number of amides is 1. The summed E-state index contributed by atoms with van der Waals surface area (Å²) in [6.07, 6.45) is 6.86. The van der Waals surface area contributed by atoms with E-state index < -0.39 is 5.97 Å². The first-order valence-corrected chi connectivity index (χ1v) is 9.53. The Balaban J connectivity index is 1.51. The van der Waals surface area contributed by atoms with Crippen molar-refractivity contribution >= 4 is 22.8 Å². The van der Waals surface area contributed by atoms with Gasteiger partial charge in [0.25, 0.3) is 5.91 Å². The lowest BCUT2D eigenvalue weighted by Gasteiger charge is -2.24. The molecule has 1 aromatic carbocycles. The zero-order valence-corrected chi connectivity index (χ0v) is 15.4. The Morgan fingerprint density at radius 3 is 2.52 bits per heavy atom. The molecule has 7 heteroatoms. The zero-order valence-electron chi connectivity index (χ0n) is 15.4. The molecule has 2 heterocycles. The summed E-state index contributed by atoms with van der Waals surface area (Å²) in [6.45, 7) is 1.56. The minimum Gasteiger partial charge on any atom is -0.456 e. The second-order valence-corrected chi connectivity index (χ2v) is 6.81. The van der Waals surface area contributed by atoms with E-state index in [9.17, 15) is 14.4 Å². The predicted molar refractivity (Wildman–Crippen MR) is 101 cm³/mol. The van der Waals surface area contributed by atoms with Crippen LogP contribution >= 0.6 is 0 Å². The summed E-state index contributed by atoms with van der Waals surface area (Å²) in [5.74, 6) is -0.572. The van der Waals surface area contributed by atoms with Crippen molar-refractivity contribution in [3.8, 4) is 0 Å². The maximum absolute atomic E-state index is 12.3. The van der Waals surface area contributed by atoms with Crippen molar-refractivity contribution in [2.75, 3.05) is 19.7 Å². The molecule has 2 aromatic rings. The molecule has 0 aliphatic carbocycles. The quantitative estimate of drug-likeness (QED) is 0.752. The molecule has 1 fully saturated rings. The summed E-state index contributed by atoms with van der Waals surface area (Å²) in [4.78, 5) is 37.9. The van der Waals surface area contributed by atoms with Crippen LogP contribution in [0.25, 0.3) is 10.9 Å². The highest BCUT2D eigenvalue weighted by Crippen LogP contribution is 2.11. The van der Waals surface area contributed by atoms with Gasteiger partial charge in [0, 0.05) is 18.5 Å². The van der Waals surface area contributed by atoms with Crippen LogP contribution in [0.3, 0.4) is 0 Å². The fourth-order valence-electron chi connectivity index (χ4n) is 3.34. The highest BCUT2D eigenvalue weighted by molar-refractivity contribution is 5.81. The lowest BCUT2D eigenvalue weighted by Crippen LogP contribution is -2.37. The molecule has 7 nitrogen and oxygen atoms in total. The fraction of sp³-hybridized carbons (Fsp3) is 0.500. The number of likely N-dealkylation sites (tertiary alicyclic amines) is 1. The number of hydrogen-bond acceptors (Lipinski definition) is 5. The smallest absolute Gasteiger partial charge is 0.308 e. The molecule has 0 bridgehead atoms. The molecule has 1 aliphatic rings. The summed E-state index contributed by atoms with van der Waals surface area (Å²) in [7, 11) is 0. The molecule has 1 amide bonds. The summed E-state index contributed by atoms with van der Waals surface area (Å²) in [5.41, 5.74) is 0.526. The van der Waals surface area contributed by atoms with Gasteiger partial charge in [0.1, 0.15) is 0 Å². The minimum absolute atomic E-state index is 0.0904. The average molecular weight is 371 g/mol. The van der Waals surface area contributed by atoms with Gasteiger partial charge in [-0.15, -0.1) is 0 Å². The third-order valence-corrected chi connectivity index (χ3v) is 4.86. The summed E-state index contributed by atoms with van der Waals surface area (Å²) in [6, 6.07) is 7.13. The van der Waals surface area contributed by atoms with E-state index in [1.807, 2.05) is 6.07 Å². The van der Waals surface area contributed by atoms with Crippen LogP contribution in [0.2, 0.25) is 0 Å². The number of benzene rings is 1. The normalized spacial score (nSPS) is 15.2. The molecule has 1 aliphatic heterocycles. The van der Waals surface area contributed by atoms with E-state index in [-0.39, 0.29) is 30.9 Å². The van der Waals surface area contributed by atoms with Gasteiger partial charge in [0.05, 0.1) is 24.7 Å². The van der Waals surface area contributed by atoms with Crippen molar-refractivity contribution in [1.29, 1.82) is 0 Å². The van der Waals surface area contributed by atoms with Crippen molar-refractivity contribution in [3.63, 3.8) is 0 Å². The molecule has 0 radical (unpaired) electrons. The van der Waals surface area contributed by atoms with Gasteiger partial charge < -0.3 is 9.64 Å². The van der Waals surface area contributed by atoms with Crippen LogP contribution < -0.4 is 5.43 Å². The van der Waals surface area contributed by atoms with Gasteiger partial charge in [-0.3, -0.25) is 19.1 Å². The number of aromatic nitrogens is 2. The van der Waals surface area contributed by atoms with Crippen LogP contribution in [0.5, 0.6) is 0 Å². The lowest BCUT2D eigenvalue weighted by molar-refractivity contribution is -0.152. The van der Waals surface area contributed by atoms with Crippen LogP contribution in [-0.2, 0) is 20.9 Å². The van der Waals surface area contributed by atoms with Crippen molar-refractivity contribution in [1.82, 2.24) is 14.7 Å². The fourth-order valence-corrected chi connectivity index (χ4v) is 3.34. The number of ether oxygens (including phenoxy) is 1. The van der Waals surface area contributed by atoms with E-state index in [1.54, 1.807) is 27.8 Å². The lowest BCUT2D eigenvalue weighted by atomic mass is 10.1. The molecule has 0 spiro atoms. The van der Waals surface area contributed by atoms with Crippen molar-refractivity contribution in [3.05, 3.63) is 40.7 Å². The second-order valence-electron chi connectivity index (χ2n) is 6.81. The Labute approximate surface area is 157 Å². The SMILES string of the molecule is O=C(CCn1ncc(=O)c2ccccc21)OCC(=O)N1CCCCCCC1. The molecule has 0 saturated carbocycles. The Bertz CT molecular complexity index is 854.